The van der Waals surface area contributed by atoms with Gasteiger partial charge in [-0.3, -0.25) is 19.7 Å². The van der Waals surface area contributed by atoms with E-state index >= 15 is 0 Å². The summed E-state index contributed by atoms with van der Waals surface area (Å²) in [5.41, 5.74) is -0.504. The average molecular weight is 368 g/mol. The van der Waals surface area contributed by atoms with Gasteiger partial charge in [0, 0.05) is 12.1 Å². The topological polar surface area (TPSA) is 99.0 Å². The van der Waals surface area contributed by atoms with Crippen LogP contribution in [0.15, 0.2) is 18.2 Å². The smallest absolute Gasteiger partial charge is 0.275 e. The van der Waals surface area contributed by atoms with Gasteiger partial charge in [-0.15, -0.1) is 0 Å². The van der Waals surface area contributed by atoms with Gasteiger partial charge in [0.1, 0.15) is 12.4 Å². The Labute approximate surface area is 145 Å². The van der Waals surface area contributed by atoms with E-state index in [1.807, 2.05) is 0 Å². The Morgan fingerprint density at radius 3 is 2.35 bits per heavy atom. The highest BCUT2D eigenvalue weighted by atomic mass is 19.3. The summed E-state index contributed by atoms with van der Waals surface area (Å²) in [6, 6.07) is 3.23. The third-order valence-electron chi connectivity index (χ3n) is 5.01. The number of benzene rings is 1. The van der Waals surface area contributed by atoms with Gasteiger partial charge in [0.2, 0.25) is 11.8 Å². The second kappa shape index (κ2) is 5.97. The molecule has 4 rings (SSSR count). The van der Waals surface area contributed by atoms with Gasteiger partial charge in [0.15, 0.2) is 0 Å². The fourth-order valence-corrected chi connectivity index (χ4v) is 4.01. The molecule has 1 aromatic rings. The van der Waals surface area contributed by atoms with E-state index in [2.05, 4.69) is 0 Å². The normalized spacial score (nSPS) is 29.6. The van der Waals surface area contributed by atoms with Crippen molar-refractivity contribution in [1.29, 1.82) is 0 Å². The van der Waals surface area contributed by atoms with Gasteiger partial charge in [-0.05, 0) is 12.8 Å². The number of hydrogen-bond acceptors (Lipinski definition) is 6. The molecule has 26 heavy (non-hydrogen) atoms. The second-order valence-corrected chi connectivity index (χ2v) is 6.50. The zero-order valence-electron chi connectivity index (χ0n) is 13.3. The third kappa shape index (κ3) is 2.52. The summed E-state index contributed by atoms with van der Waals surface area (Å²) in [4.78, 5) is 36.8. The Morgan fingerprint density at radius 1 is 1.19 bits per heavy atom. The Kier molecular flexibility index (Phi) is 3.87. The molecule has 3 saturated heterocycles. The van der Waals surface area contributed by atoms with Crippen LogP contribution in [0.25, 0.3) is 0 Å². The van der Waals surface area contributed by atoms with Gasteiger partial charge < -0.3 is 9.47 Å². The molecule has 0 N–H and O–H groups in total. The number of halogens is 2. The quantitative estimate of drug-likeness (QED) is 0.447. The van der Waals surface area contributed by atoms with Crippen LogP contribution in [-0.4, -0.2) is 42.0 Å². The number of alkyl halides is 2. The Balaban J connectivity index is 1.69. The predicted molar refractivity (Wildman–Crippen MR) is 82.0 cm³/mol. The monoisotopic (exact) mass is 368 g/mol. The average Bonchev–Trinajstić information content (AvgIpc) is 3.26. The maximum atomic E-state index is 12.7. The number of amides is 2. The molecule has 0 aliphatic carbocycles. The van der Waals surface area contributed by atoms with Crippen LogP contribution in [0.1, 0.15) is 12.8 Å². The van der Waals surface area contributed by atoms with E-state index in [0.717, 1.165) is 17.0 Å². The van der Waals surface area contributed by atoms with Crippen LogP contribution in [-0.2, 0) is 14.3 Å². The molecule has 0 unspecified atom stereocenters. The maximum absolute atomic E-state index is 12.7. The second-order valence-electron chi connectivity index (χ2n) is 6.50. The number of carbonyl (C=O) groups is 2. The van der Waals surface area contributed by atoms with E-state index in [-0.39, 0.29) is 23.6 Å². The Morgan fingerprint density at radius 2 is 1.81 bits per heavy atom. The number of rotatable bonds is 5. The fourth-order valence-electron chi connectivity index (χ4n) is 4.01. The number of nitro groups is 1. The van der Waals surface area contributed by atoms with E-state index < -0.39 is 47.3 Å². The number of imide groups is 1. The number of nitro benzene ring substituents is 1. The highest BCUT2D eigenvalue weighted by Crippen LogP contribution is 2.49. The van der Waals surface area contributed by atoms with Crippen LogP contribution in [0.5, 0.6) is 5.75 Å². The summed E-state index contributed by atoms with van der Waals surface area (Å²) in [7, 11) is 0. The summed E-state index contributed by atoms with van der Waals surface area (Å²) in [6.45, 7) is -0.953. The van der Waals surface area contributed by atoms with Crippen molar-refractivity contribution < 1.29 is 32.8 Å². The van der Waals surface area contributed by atoms with Crippen molar-refractivity contribution in [3.8, 4) is 5.75 Å². The molecule has 3 fully saturated rings. The van der Waals surface area contributed by atoms with Crippen molar-refractivity contribution in [2.75, 3.05) is 11.5 Å². The highest BCUT2D eigenvalue weighted by Gasteiger charge is 2.62. The Hall–Kier alpha value is -2.62. The van der Waals surface area contributed by atoms with Crippen molar-refractivity contribution in [2.24, 2.45) is 11.8 Å². The molecule has 0 radical (unpaired) electrons. The number of carbonyl (C=O) groups excluding carboxylic acids is 2. The maximum Gasteiger partial charge on any atom is 0.275 e. The van der Waals surface area contributed by atoms with E-state index in [0.29, 0.717) is 12.8 Å². The summed E-state index contributed by atoms with van der Waals surface area (Å²) in [5.74, 6) is -2.34. The van der Waals surface area contributed by atoms with Gasteiger partial charge in [-0.2, -0.15) is 0 Å². The molecule has 4 atom stereocenters. The molecule has 2 amide bonds. The summed E-state index contributed by atoms with van der Waals surface area (Å²) >= 11 is 0. The summed E-state index contributed by atoms with van der Waals surface area (Å²) in [5, 5.41) is 11.1. The van der Waals surface area contributed by atoms with Crippen molar-refractivity contribution in [3.05, 3.63) is 28.3 Å². The molecule has 2 bridgehead atoms. The van der Waals surface area contributed by atoms with E-state index in [1.165, 1.54) is 6.07 Å². The number of anilines is 1. The molecule has 1 aromatic carbocycles. The van der Waals surface area contributed by atoms with Crippen LogP contribution < -0.4 is 9.64 Å². The third-order valence-corrected chi connectivity index (χ3v) is 5.01. The van der Waals surface area contributed by atoms with E-state index in [9.17, 15) is 28.5 Å². The highest BCUT2D eigenvalue weighted by molar-refractivity contribution is 6.23. The molecule has 0 aromatic heterocycles. The summed E-state index contributed by atoms with van der Waals surface area (Å²) < 4.78 is 35.2. The molecule has 8 nitrogen and oxygen atoms in total. The lowest BCUT2D eigenvalue weighted by Crippen LogP contribution is -2.34. The van der Waals surface area contributed by atoms with Crippen molar-refractivity contribution in [3.63, 3.8) is 0 Å². The van der Waals surface area contributed by atoms with Gasteiger partial charge >= 0.3 is 0 Å². The van der Waals surface area contributed by atoms with E-state index in [1.54, 1.807) is 0 Å². The first-order valence-corrected chi connectivity index (χ1v) is 8.10. The van der Waals surface area contributed by atoms with Crippen molar-refractivity contribution in [2.45, 2.75) is 31.5 Å². The largest absolute Gasteiger partial charge is 0.487 e. The van der Waals surface area contributed by atoms with Crippen molar-refractivity contribution >= 4 is 23.2 Å². The molecule has 3 aliphatic rings. The minimum absolute atomic E-state index is 0.0488. The number of fused-ring (bicyclic) bond motifs is 5. The molecule has 10 heteroatoms. The molecular formula is C16H14F2N2O6. The molecule has 138 valence electrons. The lowest BCUT2D eigenvalue weighted by molar-refractivity contribution is -0.384. The minimum atomic E-state index is -2.76. The fraction of sp³-hybridized carbons (Fsp3) is 0.500. The first kappa shape index (κ1) is 16.8. The molecule has 3 heterocycles. The van der Waals surface area contributed by atoms with E-state index in [4.69, 9.17) is 9.47 Å². The first-order chi connectivity index (χ1) is 12.4. The molecular weight excluding hydrogens is 354 g/mol. The lowest BCUT2D eigenvalue weighted by Gasteiger charge is -2.18. The number of ether oxygens (including phenoxy) is 2. The SMILES string of the molecule is O=C1[C@@H]2[C@@H](C(=O)N1c1cc(OCC(F)F)cc([N+](=O)[O-])c1)[C@@H]1CC[C@@H]2O1. The minimum Gasteiger partial charge on any atom is -0.487 e. The van der Waals surface area contributed by atoms with Gasteiger partial charge in [-0.25, -0.2) is 13.7 Å². The number of hydrogen-bond donors (Lipinski definition) is 0. The molecule has 0 spiro atoms. The standard InChI is InChI=1S/C16H14F2N2O6/c17-12(18)6-25-9-4-7(3-8(5-9)20(23)24)19-15(21)13-10-1-2-11(26-10)14(13)16(19)22/h3-5,10-14H,1-2,6H2/t10-,11-,13-,14-/m0/s1. The van der Waals surface area contributed by atoms with Crippen LogP contribution in [0, 0.1) is 22.0 Å². The first-order valence-electron chi connectivity index (χ1n) is 8.10. The van der Waals surface area contributed by atoms with Crippen LogP contribution in [0.2, 0.25) is 0 Å². The Bertz CT molecular complexity index is 773. The van der Waals surface area contributed by atoms with Crippen LogP contribution in [0.4, 0.5) is 20.2 Å². The number of nitrogens with zero attached hydrogens (tertiary/aromatic N) is 2. The zero-order valence-corrected chi connectivity index (χ0v) is 13.3. The lowest BCUT2D eigenvalue weighted by atomic mass is 9.81. The zero-order chi connectivity index (χ0) is 18.6. The predicted octanol–water partition coefficient (Wildman–Crippen LogP) is 1.91. The van der Waals surface area contributed by atoms with Gasteiger partial charge in [-0.1, -0.05) is 0 Å². The van der Waals surface area contributed by atoms with Crippen LogP contribution >= 0.6 is 0 Å². The molecule has 0 saturated carbocycles. The summed E-state index contributed by atoms with van der Waals surface area (Å²) in [6.07, 6.45) is -2.02. The number of non-ortho nitro benzene ring substituents is 1. The molecule has 3 aliphatic heterocycles. The van der Waals surface area contributed by atoms with Crippen LogP contribution in [0.3, 0.4) is 0 Å². The van der Waals surface area contributed by atoms with Gasteiger partial charge in [0.05, 0.1) is 40.7 Å². The van der Waals surface area contributed by atoms with Crippen molar-refractivity contribution in [1.82, 2.24) is 0 Å². The van der Waals surface area contributed by atoms with Gasteiger partial charge in [0.25, 0.3) is 12.1 Å².